The zero-order valence-electron chi connectivity index (χ0n) is 21.7. The lowest BCUT2D eigenvalue weighted by molar-refractivity contribution is -0.143. The molecule has 0 aliphatic rings. The molecule has 0 spiro atoms. The number of aryl methyl sites for hydroxylation is 1. The van der Waals surface area contributed by atoms with Crippen molar-refractivity contribution < 1.29 is 14.3 Å². The van der Waals surface area contributed by atoms with Gasteiger partial charge >= 0.3 is 0 Å². The van der Waals surface area contributed by atoms with Crippen molar-refractivity contribution in [2.24, 2.45) is 0 Å². The zero-order valence-corrected chi connectivity index (χ0v) is 23.3. The molecule has 0 heterocycles. The molecule has 0 radical (unpaired) electrons. The van der Waals surface area contributed by atoms with Crippen LogP contribution in [0.4, 0.5) is 0 Å². The number of carbonyl (C=O) groups excluding carboxylic acids is 2. The van der Waals surface area contributed by atoms with E-state index in [1.807, 2.05) is 107 Å². The van der Waals surface area contributed by atoms with Crippen LogP contribution in [0, 0.1) is 13.8 Å². The molecule has 190 valence electrons. The van der Waals surface area contributed by atoms with Gasteiger partial charge in [-0.2, -0.15) is 0 Å². The molecule has 1 atom stereocenters. The van der Waals surface area contributed by atoms with Crippen molar-refractivity contribution in [2.45, 2.75) is 59.2 Å². The smallest absolute Gasteiger partial charge is 0.261 e. The normalized spacial score (nSPS) is 12.1. The highest BCUT2D eigenvalue weighted by Gasteiger charge is 2.32. The van der Waals surface area contributed by atoms with Crippen LogP contribution in [-0.2, 0) is 22.6 Å². The third-order valence-electron chi connectivity index (χ3n) is 5.94. The third kappa shape index (κ3) is 7.95. The van der Waals surface area contributed by atoms with E-state index >= 15 is 0 Å². The van der Waals surface area contributed by atoms with Crippen LogP contribution in [0.2, 0.25) is 0 Å². The summed E-state index contributed by atoms with van der Waals surface area (Å²) < 4.78 is 6.92. The maximum Gasteiger partial charge on any atom is 0.261 e. The van der Waals surface area contributed by atoms with Gasteiger partial charge in [-0.15, -0.1) is 0 Å². The molecule has 3 rings (SSSR count). The van der Waals surface area contributed by atoms with Gasteiger partial charge in [0.05, 0.1) is 0 Å². The van der Waals surface area contributed by atoms with Crippen LogP contribution >= 0.6 is 15.9 Å². The van der Waals surface area contributed by atoms with Gasteiger partial charge in [0.15, 0.2) is 6.61 Å². The number of ether oxygens (including phenoxy) is 1. The fourth-order valence-electron chi connectivity index (χ4n) is 3.90. The van der Waals surface area contributed by atoms with Crippen LogP contribution < -0.4 is 10.1 Å². The number of hydrogen-bond donors (Lipinski definition) is 1. The molecular formula is C30H35BrN2O3. The number of hydrogen-bond acceptors (Lipinski definition) is 3. The maximum atomic E-state index is 13.7. The number of benzene rings is 3. The van der Waals surface area contributed by atoms with Gasteiger partial charge in [-0.1, -0.05) is 70.5 Å². The topological polar surface area (TPSA) is 58.6 Å². The third-order valence-corrected chi connectivity index (χ3v) is 6.47. The molecule has 3 aromatic rings. The molecule has 3 aromatic carbocycles. The molecule has 0 saturated carbocycles. The summed E-state index contributed by atoms with van der Waals surface area (Å²) in [6, 6.07) is 22.7. The van der Waals surface area contributed by atoms with Crippen molar-refractivity contribution in [1.29, 1.82) is 0 Å². The number of carbonyl (C=O) groups is 2. The summed E-state index contributed by atoms with van der Waals surface area (Å²) in [4.78, 5) is 28.9. The molecule has 5 nitrogen and oxygen atoms in total. The molecule has 0 aromatic heterocycles. The average molecular weight is 552 g/mol. The number of nitrogens with zero attached hydrogens (tertiary/aromatic N) is 1. The highest BCUT2D eigenvalue weighted by atomic mass is 79.9. The largest absolute Gasteiger partial charge is 0.483 e. The van der Waals surface area contributed by atoms with Crippen LogP contribution in [0.15, 0.2) is 77.3 Å². The van der Waals surface area contributed by atoms with Gasteiger partial charge in [0.25, 0.3) is 5.91 Å². The minimum Gasteiger partial charge on any atom is -0.483 e. The molecule has 0 aliphatic heterocycles. The molecule has 6 heteroatoms. The fourth-order valence-corrected chi connectivity index (χ4v) is 4.16. The fraction of sp³-hybridized carbons (Fsp3) is 0.333. The van der Waals surface area contributed by atoms with E-state index < -0.39 is 11.6 Å². The van der Waals surface area contributed by atoms with Gasteiger partial charge in [-0.3, -0.25) is 9.59 Å². The van der Waals surface area contributed by atoms with Gasteiger partial charge in [-0.25, -0.2) is 0 Å². The van der Waals surface area contributed by atoms with E-state index in [2.05, 4.69) is 21.2 Å². The van der Waals surface area contributed by atoms with Crippen molar-refractivity contribution >= 4 is 27.7 Å². The van der Waals surface area contributed by atoms with Gasteiger partial charge in [-0.05, 0) is 75.1 Å². The summed E-state index contributed by atoms with van der Waals surface area (Å²) in [5.74, 6) is 0.234. The highest BCUT2D eigenvalue weighted by molar-refractivity contribution is 9.10. The number of halogens is 1. The van der Waals surface area contributed by atoms with E-state index in [4.69, 9.17) is 4.74 Å². The molecule has 0 saturated heterocycles. The SMILES string of the molecule is Cc1cccc(OCC(=O)N(Cc2ccc(Br)cc2)C(Cc2ccccc2)C(=O)NC(C)(C)C)c1C. The Morgan fingerprint density at radius 3 is 2.22 bits per heavy atom. The summed E-state index contributed by atoms with van der Waals surface area (Å²) in [5.41, 5.74) is 3.57. The van der Waals surface area contributed by atoms with E-state index in [0.29, 0.717) is 12.2 Å². The second-order valence-electron chi connectivity index (χ2n) is 10.1. The summed E-state index contributed by atoms with van der Waals surface area (Å²) in [5, 5.41) is 3.08. The maximum absolute atomic E-state index is 13.7. The molecular weight excluding hydrogens is 516 g/mol. The van der Waals surface area contributed by atoms with Crippen molar-refractivity contribution in [3.8, 4) is 5.75 Å². The van der Waals surface area contributed by atoms with Crippen LogP contribution in [-0.4, -0.2) is 34.9 Å². The van der Waals surface area contributed by atoms with Gasteiger partial charge in [0.2, 0.25) is 5.91 Å². The molecule has 2 amide bonds. The predicted octanol–water partition coefficient (Wildman–Crippen LogP) is 6.00. The lowest BCUT2D eigenvalue weighted by Crippen LogP contribution is -2.55. The number of nitrogens with one attached hydrogen (secondary N) is 1. The van der Waals surface area contributed by atoms with Gasteiger partial charge < -0.3 is 15.0 Å². The number of rotatable bonds is 9. The molecule has 1 N–H and O–H groups in total. The summed E-state index contributed by atoms with van der Waals surface area (Å²) >= 11 is 3.47. The summed E-state index contributed by atoms with van der Waals surface area (Å²) in [7, 11) is 0. The molecule has 0 fully saturated rings. The van der Waals surface area contributed by atoms with Crippen molar-refractivity contribution in [2.75, 3.05) is 6.61 Å². The zero-order chi connectivity index (χ0) is 26.3. The average Bonchev–Trinajstić information content (AvgIpc) is 2.83. The number of amides is 2. The Morgan fingerprint density at radius 2 is 1.58 bits per heavy atom. The Balaban J connectivity index is 1.94. The van der Waals surface area contributed by atoms with Crippen molar-refractivity contribution in [1.82, 2.24) is 10.2 Å². The van der Waals surface area contributed by atoms with E-state index in [-0.39, 0.29) is 25.0 Å². The minimum absolute atomic E-state index is 0.158. The van der Waals surface area contributed by atoms with Crippen LogP contribution in [0.1, 0.15) is 43.0 Å². The second kappa shape index (κ2) is 12.2. The van der Waals surface area contributed by atoms with Crippen LogP contribution in [0.3, 0.4) is 0 Å². The van der Waals surface area contributed by atoms with Gasteiger partial charge in [0.1, 0.15) is 11.8 Å². The van der Waals surface area contributed by atoms with Crippen LogP contribution in [0.5, 0.6) is 5.75 Å². The van der Waals surface area contributed by atoms with E-state index in [1.54, 1.807) is 4.90 Å². The molecule has 1 unspecified atom stereocenters. The van der Waals surface area contributed by atoms with Crippen LogP contribution in [0.25, 0.3) is 0 Å². The van der Waals surface area contributed by atoms with Crippen molar-refractivity contribution in [3.05, 3.63) is 99.5 Å². The monoisotopic (exact) mass is 550 g/mol. The Bertz CT molecular complexity index is 1170. The van der Waals surface area contributed by atoms with E-state index in [9.17, 15) is 9.59 Å². The Hall–Kier alpha value is -3.12. The summed E-state index contributed by atoms with van der Waals surface area (Å²) in [6.07, 6.45) is 0.397. The standard InChI is InChI=1S/C30H35BrN2O3/c1-21-10-9-13-27(22(21)2)36-20-28(34)33(19-24-14-16-25(31)17-15-24)26(29(35)32-30(3,4)5)18-23-11-7-6-8-12-23/h6-17,26H,18-20H2,1-5H3,(H,32,35). The lowest BCUT2D eigenvalue weighted by atomic mass is 10.0. The summed E-state index contributed by atoms with van der Waals surface area (Å²) in [6.45, 7) is 9.94. The first-order valence-electron chi connectivity index (χ1n) is 12.1. The molecule has 0 aliphatic carbocycles. The Kier molecular flexibility index (Phi) is 9.32. The van der Waals surface area contributed by atoms with E-state index in [0.717, 1.165) is 26.7 Å². The van der Waals surface area contributed by atoms with E-state index in [1.165, 1.54) is 0 Å². The molecule has 36 heavy (non-hydrogen) atoms. The Labute approximate surface area is 223 Å². The predicted molar refractivity (Wildman–Crippen MR) is 148 cm³/mol. The highest BCUT2D eigenvalue weighted by Crippen LogP contribution is 2.22. The first kappa shape index (κ1) is 27.5. The lowest BCUT2D eigenvalue weighted by Gasteiger charge is -2.33. The molecule has 0 bridgehead atoms. The minimum atomic E-state index is -0.704. The first-order valence-corrected chi connectivity index (χ1v) is 12.9. The second-order valence-corrected chi connectivity index (χ2v) is 11.0. The van der Waals surface area contributed by atoms with Gasteiger partial charge in [0, 0.05) is 23.0 Å². The Morgan fingerprint density at radius 1 is 0.917 bits per heavy atom. The van der Waals surface area contributed by atoms with Crippen molar-refractivity contribution in [3.63, 3.8) is 0 Å². The first-order chi connectivity index (χ1) is 17.0. The quantitative estimate of drug-likeness (QED) is 0.355.